The lowest BCUT2D eigenvalue weighted by molar-refractivity contribution is 0.0952. The number of nitrogens with one attached hydrogen (secondary N) is 1. The molecule has 0 amide bonds. The lowest BCUT2D eigenvalue weighted by Gasteiger charge is -2.37. The molecule has 2 rings (SSSR count). The number of nitrogens with zero attached hydrogens (tertiary/aromatic N) is 1. The number of fused-ring (bicyclic) bond motifs is 2. The molecule has 2 atom stereocenters. The molecule has 2 aliphatic heterocycles. The van der Waals surface area contributed by atoms with E-state index in [9.17, 15) is 0 Å². The van der Waals surface area contributed by atoms with Crippen molar-refractivity contribution in [3.63, 3.8) is 0 Å². The molecule has 0 aromatic carbocycles. The fourth-order valence-electron chi connectivity index (χ4n) is 3.30. The molecule has 1 N–H and O–H groups in total. The molecule has 2 unspecified atom stereocenters. The van der Waals surface area contributed by atoms with Crippen molar-refractivity contribution in [1.29, 1.82) is 0 Å². The lowest BCUT2D eigenvalue weighted by atomic mass is 9.98. The van der Waals surface area contributed by atoms with Crippen LogP contribution in [-0.2, 0) is 4.74 Å². The van der Waals surface area contributed by atoms with Gasteiger partial charge < -0.3 is 10.1 Å². The van der Waals surface area contributed by atoms with E-state index in [-0.39, 0.29) is 0 Å². The molecule has 2 bridgehead atoms. The number of methoxy groups -OCH3 is 1. The minimum Gasteiger partial charge on any atom is -0.383 e. The third-order valence-electron chi connectivity index (χ3n) is 4.06. The Hall–Kier alpha value is -0.120. The van der Waals surface area contributed by atoms with Gasteiger partial charge in [-0.3, -0.25) is 4.90 Å². The highest BCUT2D eigenvalue weighted by Gasteiger charge is 2.35. The second kappa shape index (κ2) is 5.99. The van der Waals surface area contributed by atoms with Crippen LogP contribution in [0.1, 0.15) is 39.0 Å². The molecular formula is C13H26N2O. The second-order valence-corrected chi connectivity index (χ2v) is 5.29. The Morgan fingerprint density at radius 1 is 1.19 bits per heavy atom. The highest BCUT2D eigenvalue weighted by atomic mass is 16.5. The van der Waals surface area contributed by atoms with Crippen molar-refractivity contribution in [2.75, 3.05) is 26.8 Å². The van der Waals surface area contributed by atoms with E-state index in [0.717, 1.165) is 31.3 Å². The van der Waals surface area contributed by atoms with Crippen molar-refractivity contribution in [2.24, 2.45) is 0 Å². The van der Waals surface area contributed by atoms with Gasteiger partial charge in [0.2, 0.25) is 0 Å². The van der Waals surface area contributed by atoms with Crippen molar-refractivity contribution in [3.05, 3.63) is 0 Å². The monoisotopic (exact) mass is 226 g/mol. The number of rotatable bonds is 6. The summed E-state index contributed by atoms with van der Waals surface area (Å²) in [7, 11) is 1.80. The predicted octanol–water partition coefficient (Wildman–Crippen LogP) is 1.63. The average molecular weight is 226 g/mol. The molecule has 3 heteroatoms. The Morgan fingerprint density at radius 3 is 2.44 bits per heavy atom. The Morgan fingerprint density at radius 2 is 1.88 bits per heavy atom. The van der Waals surface area contributed by atoms with E-state index in [4.69, 9.17) is 4.74 Å². The van der Waals surface area contributed by atoms with Gasteiger partial charge in [0.1, 0.15) is 0 Å². The zero-order valence-electron chi connectivity index (χ0n) is 10.7. The molecule has 0 radical (unpaired) electrons. The molecule has 2 heterocycles. The van der Waals surface area contributed by atoms with E-state index < -0.39 is 0 Å². The first-order valence-electron chi connectivity index (χ1n) is 6.82. The van der Waals surface area contributed by atoms with Gasteiger partial charge in [0, 0.05) is 31.8 Å². The standard InChI is InChI=1S/C13H26N2O/c1-3-6-15(7-8-16-2)13-9-11-4-5-12(10-13)14-11/h11-14H,3-10H2,1-2H3. The van der Waals surface area contributed by atoms with Gasteiger partial charge in [-0.25, -0.2) is 0 Å². The van der Waals surface area contributed by atoms with Gasteiger partial charge in [0.15, 0.2) is 0 Å². The molecule has 0 aromatic heterocycles. The van der Waals surface area contributed by atoms with Crippen LogP contribution in [0.4, 0.5) is 0 Å². The molecule has 16 heavy (non-hydrogen) atoms. The van der Waals surface area contributed by atoms with Gasteiger partial charge in [0.05, 0.1) is 6.61 Å². The molecule has 3 nitrogen and oxygen atoms in total. The van der Waals surface area contributed by atoms with Crippen LogP contribution < -0.4 is 5.32 Å². The van der Waals surface area contributed by atoms with E-state index in [2.05, 4.69) is 17.1 Å². The Labute approximate surface area is 99.5 Å². The third-order valence-corrected chi connectivity index (χ3v) is 4.06. The summed E-state index contributed by atoms with van der Waals surface area (Å²) in [6, 6.07) is 2.39. The van der Waals surface area contributed by atoms with Crippen LogP contribution in [0.2, 0.25) is 0 Å². The van der Waals surface area contributed by atoms with E-state index in [1.807, 2.05) is 0 Å². The first-order chi connectivity index (χ1) is 7.83. The van der Waals surface area contributed by atoms with Crippen LogP contribution in [0.15, 0.2) is 0 Å². The van der Waals surface area contributed by atoms with Crippen LogP contribution in [0.3, 0.4) is 0 Å². The van der Waals surface area contributed by atoms with Gasteiger partial charge in [-0.05, 0) is 38.6 Å². The van der Waals surface area contributed by atoms with Crippen molar-refractivity contribution in [2.45, 2.75) is 57.2 Å². The van der Waals surface area contributed by atoms with Gasteiger partial charge in [-0.1, -0.05) is 6.92 Å². The largest absolute Gasteiger partial charge is 0.383 e. The van der Waals surface area contributed by atoms with Crippen LogP contribution in [0, 0.1) is 0 Å². The number of hydrogen-bond donors (Lipinski definition) is 1. The maximum absolute atomic E-state index is 5.22. The normalized spacial score (nSPS) is 33.6. The number of hydrogen-bond acceptors (Lipinski definition) is 3. The first kappa shape index (κ1) is 12.3. The maximum Gasteiger partial charge on any atom is 0.0589 e. The minimum atomic E-state index is 0.797. The Kier molecular flexibility index (Phi) is 4.62. The molecule has 2 aliphatic rings. The smallest absolute Gasteiger partial charge is 0.0589 e. The topological polar surface area (TPSA) is 24.5 Å². The zero-order valence-corrected chi connectivity index (χ0v) is 10.7. The summed E-state index contributed by atoms with van der Waals surface area (Å²) in [5, 5.41) is 3.72. The summed E-state index contributed by atoms with van der Waals surface area (Å²) in [6.45, 7) is 5.48. The first-order valence-corrected chi connectivity index (χ1v) is 6.82. The lowest BCUT2D eigenvalue weighted by Crippen LogP contribution is -2.49. The van der Waals surface area contributed by atoms with Crippen molar-refractivity contribution >= 4 is 0 Å². The van der Waals surface area contributed by atoms with Gasteiger partial charge in [0.25, 0.3) is 0 Å². The van der Waals surface area contributed by atoms with E-state index >= 15 is 0 Å². The number of ether oxygens (including phenoxy) is 1. The van der Waals surface area contributed by atoms with Gasteiger partial charge in [-0.15, -0.1) is 0 Å². The number of piperidine rings is 1. The summed E-state index contributed by atoms with van der Waals surface area (Å²) >= 11 is 0. The molecule has 2 saturated heterocycles. The van der Waals surface area contributed by atoms with E-state index in [1.165, 1.54) is 38.6 Å². The molecule has 0 saturated carbocycles. The van der Waals surface area contributed by atoms with Crippen LogP contribution in [-0.4, -0.2) is 49.8 Å². The zero-order chi connectivity index (χ0) is 11.4. The SMILES string of the molecule is CCCN(CCOC)C1CC2CCC(C1)N2. The summed E-state index contributed by atoms with van der Waals surface area (Å²) in [5.41, 5.74) is 0. The maximum atomic E-state index is 5.22. The highest BCUT2D eigenvalue weighted by molar-refractivity contribution is 4.95. The molecule has 0 aromatic rings. The van der Waals surface area contributed by atoms with Crippen LogP contribution >= 0.6 is 0 Å². The summed E-state index contributed by atoms with van der Waals surface area (Å²) in [5.74, 6) is 0. The molecule has 2 fully saturated rings. The molecular weight excluding hydrogens is 200 g/mol. The van der Waals surface area contributed by atoms with Gasteiger partial charge >= 0.3 is 0 Å². The fourth-order valence-corrected chi connectivity index (χ4v) is 3.30. The van der Waals surface area contributed by atoms with E-state index in [1.54, 1.807) is 7.11 Å². The highest BCUT2D eigenvalue weighted by Crippen LogP contribution is 2.29. The van der Waals surface area contributed by atoms with Crippen molar-refractivity contribution in [1.82, 2.24) is 10.2 Å². The molecule has 0 aliphatic carbocycles. The fraction of sp³-hybridized carbons (Fsp3) is 1.00. The minimum absolute atomic E-state index is 0.797. The second-order valence-electron chi connectivity index (χ2n) is 5.29. The average Bonchev–Trinajstić information content (AvgIpc) is 2.63. The third kappa shape index (κ3) is 2.96. The molecule has 0 spiro atoms. The summed E-state index contributed by atoms with van der Waals surface area (Å²) < 4.78 is 5.22. The Balaban J connectivity index is 1.86. The van der Waals surface area contributed by atoms with E-state index in [0.29, 0.717) is 0 Å². The Bertz CT molecular complexity index is 198. The predicted molar refractivity (Wildman–Crippen MR) is 66.7 cm³/mol. The summed E-state index contributed by atoms with van der Waals surface area (Å²) in [4.78, 5) is 2.65. The van der Waals surface area contributed by atoms with Crippen molar-refractivity contribution < 1.29 is 4.74 Å². The van der Waals surface area contributed by atoms with Gasteiger partial charge in [-0.2, -0.15) is 0 Å². The summed E-state index contributed by atoms with van der Waals surface area (Å²) in [6.07, 6.45) is 6.74. The quantitative estimate of drug-likeness (QED) is 0.745. The van der Waals surface area contributed by atoms with Crippen molar-refractivity contribution in [3.8, 4) is 0 Å². The van der Waals surface area contributed by atoms with Crippen LogP contribution in [0.25, 0.3) is 0 Å². The molecule has 94 valence electrons. The van der Waals surface area contributed by atoms with Crippen LogP contribution in [0.5, 0.6) is 0 Å².